The summed E-state index contributed by atoms with van der Waals surface area (Å²) in [6.07, 6.45) is 4.42. The van der Waals surface area contributed by atoms with E-state index < -0.39 is 11.7 Å². The van der Waals surface area contributed by atoms with Gasteiger partial charge in [0.25, 0.3) is 5.91 Å². The molecule has 1 aliphatic heterocycles. The van der Waals surface area contributed by atoms with Crippen LogP contribution in [-0.2, 0) is 13.0 Å². The van der Waals surface area contributed by atoms with E-state index in [1.54, 1.807) is 12.1 Å². The van der Waals surface area contributed by atoms with Crippen molar-refractivity contribution in [2.24, 2.45) is 0 Å². The molecule has 1 N–H and O–H groups in total. The Morgan fingerprint density at radius 2 is 1.89 bits per heavy atom. The molecule has 0 saturated heterocycles. The summed E-state index contributed by atoms with van der Waals surface area (Å²) in [4.78, 5) is 12.3. The first-order valence-electron chi connectivity index (χ1n) is 8.91. The van der Waals surface area contributed by atoms with Gasteiger partial charge in [0.2, 0.25) is 0 Å². The van der Waals surface area contributed by atoms with Crippen LogP contribution >= 0.6 is 11.6 Å². The summed E-state index contributed by atoms with van der Waals surface area (Å²) in [5, 5.41) is 11.6. The van der Waals surface area contributed by atoms with Gasteiger partial charge in [-0.05, 0) is 55.3 Å². The van der Waals surface area contributed by atoms with Gasteiger partial charge in [-0.25, -0.2) is 4.39 Å². The fourth-order valence-electron chi connectivity index (χ4n) is 3.27. The normalized spacial score (nSPS) is 13.7. The molecule has 0 spiro atoms. The Kier molecular flexibility index (Phi) is 4.90. The van der Waals surface area contributed by atoms with E-state index in [0.29, 0.717) is 10.7 Å². The summed E-state index contributed by atoms with van der Waals surface area (Å²) in [5.41, 5.74) is 1.41. The molecule has 2 aromatic carbocycles. The molecular weight excluding hydrogens is 367 g/mol. The SMILES string of the molecule is O=C(Nc1ccc(-c2nnc3n2CCCCC3)cc1)c1cc(Cl)ccc1F. The number of hydrogen-bond acceptors (Lipinski definition) is 3. The van der Waals surface area contributed by atoms with Crippen molar-refractivity contribution in [3.05, 3.63) is 64.7 Å². The molecule has 7 heteroatoms. The molecule has 27 heavy (non-hydrogen) atoms. The van der Waals surface area contributed by atoms with Gasteiger partial charge in [0.05, 0.1) is 5.56 Å². The Morgan fingerprint density at radius 3 is 2.70 bits per heavy atom. The smallest absolute Gasteiger partial charge is 0.258 e. The number of nitrogens with zero attached hydrogens (tertiary/aromatic N) is 3. The second kappa shape index (κ2) is 7.48. The van der Waals surface area contributed by atoms with E-state index in [9.17, 15) is 9.18 Å². The minimum atomic E-state index is -0.611. The van der Waals surface area contributed by atoms with Crippen molar-refractivity contribution in [2.45, 2.75) is 32.2 Å². The van der Waals surface area contributed by atoms with Crippen molar-refractivity contribution in [3.63, 3.8) is 0 Å². The maximum Gasteiger partial charge on any atom is 0.258 e. The lowest BCUT2D eigenvalue weighted by Gasteiger charge is -2.09. The van der Waals surface area contributed by atoms with Crippen LogP contribution in [0.15, 0.2) is 42.5 Å². The molecule has 1 amide bonds. The number of anilines is 1. The summed E-state index contributed by atoms with van der Waals surface area (Å²) < 4.78 is 16.0. The van der Waals surface area contributed by atoms with Gasteiger partial charge in [-0.2, -0.15) is 0 Å². The Labute approximate surface area is 161 Å². The highest BCUT2D eigenvalue weighted by Crippen LogP contribution is 2.24. The molecule has 5 nitrogen and oxygen atoms in total. The van der Waals surface area contributed by atoms with E-state index in [2.05, 4.69) is 20.1 Å². The molecule has 3 aromatic rings. The van der Waals surface area contributed by atoms with Crippen LogP contribution in [0, 0.1) is 5.82 Å². The predicted molar refractivity (Wildman–Crippen MR) is 102 cm³/mol. The van der Waals surface area contributed by atoms with Gasteiger partial charge in [0.1, 0.15) is 11.6 Å². The highest BCUT2D eigenvalue weighted by molar-refractivity contribution is 6.31. The molecule has 1 aromatic heterocycles. The summed E-state index contributed by atoms with van der Waals surface area (Å²) in [6.45, 7) is 0.921. The van der Waals surface area contributed by atoms with Crippen LogP contribution in [0.1, 0.15) is 35.4 Å². The van der Waals surface area contributed by atoms with Crippen LogP contribution in [0.2, 0.25) is 5.02 Å². The maximum atomic E-state index is 13.8. The van der Waals surface area contributed by atoms with Crippen molar-refractivity contribution < 1.29 is 9.18 Å². The summed E-state index contributed by atoms with van der Waals surface area (Å²) in [6, 6.07) is 11.2. The van der Waals surface area contributed by atoms with Crippen LogP contribution in [0.4, 0.5) is 10.1 Å². The molecule has 2 heterocycles. The third-order valence-corrected chi connectivity index (χ3v) is 4.92. The number of halogens is 2. The second-order valence-corrected chi connectivity index (χ2v) is 6.99. The van der Waals surface area contributed by atoms with Gasteiger partial charge in [-0.3, -0.25) is 4.79 Å². The van der Waals surface area contributed by atoms with Gasteiger partial charge in [0.15, 0.2) is 5.82 Å². The number of nitrogens with one attached hydrogen (secondary N) is 1. The minimum absolute atomic E-state index is 0.0886. The zero-order valence-corrected chi connectivity index (χ0v) is 15.3. The number of hydrogen-bond donors (Lipinski definition) is 1. The Hall–Kier alpha value is -2.73. The first-order chi connectivity index (χ1) is 13.1. The number of fused-ring (bicyclic) bond motifs is 1. The molecule has 0 atom stereocenters. The Morgan fingerprint density at radius 1 is 1.07 bits per heavy atom. The fraction of sp³-hybridized carbons (Fsp3) is 0.250. The van der Waals surface area contributed by atoms with Crippen LogP contribution < -0.4 is 5.32 Å². The fourth-order valence-corrected chi connectivity index (χ4v) is 3.44. The molecule has 0 saturated carbocycles. The average molecular weight is 385 g/mol. The van der Waals surface area contributed by atoms with Gasteiger partial charge >= 0.3 is 0 Å². The number of carbonyl (C=O) groups excluding carboxylic acids is 1. The quantitative estimate of drug-likeness (QED) is 0.711. The molecule has 138 valence electrons. The van der Waals surface area contributed by atoms with Gasteiger partial charge in [-0.1, -0.05) is 18.0 Å². The van der Waals surface area contributed by atoms with Gasteiger partial charge < -0.3 is 9.88 Å². The van der Waals surface area contributed by atoms with Crippen molar-refractivity contribution in [1.82, 2.24) is 14.8 Å². The molecule has 0 aliphatic carbocycles. The van der Waals surface area contributed by atoms with Crippen molar-refractivity contribution >= 4 is 23.2 Å². The van der Waals surface area contributed by atoms with E-state index >= 15 is 0 Å². The largest absolute Gasteiger partial charge is 0.322 e. The highest BCUT2D eigenvalue weighted by Gasteiger charge is 2.16. The van der Waals surface area contributed by atoms with Crippen molar-refractivity contribution in [2.75, 3.05) is 5.32 Å². The predicted octanol–water partition coefficient (Wildman–Crippen LogP) is 4.72. The van der Waals surface area contributed by atoms with Crippen molar-refractivity contribution in [3.8, 4) is 11.4 Å². The number of benzene rings is 2. The third-order valence-electron chi connectivity index (χ3n) is 4.68. The second-order valence-electron chi connectivity index (χ2n) is 6.56. The van der Waals surface area contributed by atoms with Crippen LogP contribution in [0.25, 0.3) is 11.4 Å². The molecule has 0 fully saturated rings. The molecule has 0 radical (unpaired) electrons. The number of carbonyl (C=O) groups is 1. The summed E-state index contributed by atoms with van der Waals surface area (Å²) in [7, 11) is 0. The lowest BCUT2D eigenvalue weighted by Crippen LogP contribution is -2.13. The summed E-state index contributed by atoms with van der Waals surface area (Å²) >= 11 is 5.85. The summed E-state index contributed by atoms with van der Waals surface area (Å²) in [5.74, 6) is 0.709. The molecule has 4 rings (SSSR count). The van der Waals surface area contributed by atoms with Crippen LogP contribution in [-0.4, -0.2) is 20.7 Å². The molecule has 0 bridgehead atoms. The van der Waals surface area contributed by atoms with E-state index in [0.717, 1.165) is 43.0 Å². The Balaban J connectivity index is 1.54. The maximum absolute atomic E-state index is 13.8. The number of rotatable bonds is 3. The molecule has 1 aliphatic rings. The zero-order chi connectivity index (χ0) is 18.8. The first kappa shape index (κ1) is 17.7. The van der Waals surface area contributed by atoms with Crippen molar-refractivity contribution in [1.29, 1.82) is 0 Å². The monoisotopic (exact) mass is 384 g/mol. The minimum Gasteiger partial charge on any atom is -0.322 e. The van der Waals surface area contributed by atoms with E-state index in [-0.39, 0.29) is 5.56 Å². The van der Waals surface area contributed by atoms with Crippen LogP contribution in [0.3, 0.4) is 0 Å². The number of amides is 1. The van der Waals surface area contributed by atoms with Gasteiger partial charge in [-0.15, -0.1) is 10.2 Å². The van der Waals surface area contributed by atoms with Crippen LogP contribution in [0.5, 0.6) is 0 Å². The highest BCUT2D eigenvalue weighted by atomic mass is 35.5. The lowest BCUT2D eigenvalue weighted by atomic mass is 10.1. The molecular formula is C20H18ClFN4O. The van der Waals surface area contributed by atoms with E-state index in [1.165, 1.54) is 24.6 Å². The van der Waals surface area contributed by atoms with E-state index in [4.69, 9.17) is 11.6 Å². The zero-order valence-electron chi connectivity index (χ0n) is 14.6. The standard InChI is InChI=1S/C20H18ClFN4O/c21-14-7-10-17(22)16(12-14)20(27)23-15-8-5-13(6-9-15)19-25-24-18-4-2-1-3-11-26(18)19/h5-10,12H,1-4,11H2,(H,23,27). The first-order valence-corrected chi connectivity index (χ1v) is 9.28. The molecule has 0 unspecified atom stereocenters. The topological polar surface area (TPSA) is 59.8 Å². The van der Waals surface area contributed by atoms with Gasteiger partial charge in [0, 0.05) is 29.2 Å². The van der Waals surface area contributed by atoms with E-state index in [1.807, 2.05) is 12.1 Å². The Bertz CT molecular complexity index is 984. The number of aryl methyl sites for hydroxylation is 1. The lowest BCUT2D eigenvalue weighted by molar-refractivity contribution is 0.102. The average Bonchev–Trinajstić information content (AvgIpc) is 2.92. The number of aromatic nitrogens is 3. The third kappa shape index (κ3) is 3.71.